The molecule has 15 heteroatoms. The smallest absolute Gasteiger partial charge is 0.349 e. The summed E-state index contributed by atoms with van der Waals surface area (Å²) in [6, 6.07) is 8.57. The quantitative estimate of drug-likeness (QED) is 0.471. The zero-order valence-corrected chi connectivity index (χ0v) is 19.8. The lowest BCUT2D eigenvalue weighted by molar-refractivity contribution is -0.148. The van der Waals surface area contributed by atoms with Gasteiger partial charge in [-0.1, -0.05) is 41.7 Å². The van der Waals surface area contributed by atoms with E-state index in [1.807, 2.05) is 5.32 Å². The Kier molecular flexibility index (Phi) is 6.86. The van der Waals surface area contributed by atoms with E-state index in [4.69, 9.17) is 51.0 Å². The van der Waals surface area contributed by atoms with Crippen LogP contribution < -0.4 is 5.32 Å². The van der Waals surface area contributed by atoms with Crippen LogP contribution >= 0.6 is 11.6 Å². The summed E-state index contributed by atoms with van der Waals surface area (Å²) in [5.74, 6) is -12.6. The molecule has 1 saturated heterocycles. The number of halogens is 3. The van der Waals surface area contributed by atoms with Crippen LogP contribution in [0.2, 0.25) is 16.7 Å². The second-order valence-electron chi connectivity index (χ2n) is 8.73. The van der Waals surface area contributed by atoms with E-state index in [1.54, 1.807) is 0 Å². The van der Waals surface area contributed by atoms with Gasteiger partial charge in [0.2, 0.25) is 19.8 Å². The number of fused-ring (bicyclic) bond motifs is 1. The molecule has 2 aliphatic heterocycles. The zero-order valence-electron chi connectivity index (χ0n) is 19.0. The first-order valence-electron chi connectivity index (χ1n) is 10.8. The van der Waals surface area contributed by atoms with Gasteiger partial charge in [-0.3, -0.25) is 19.2 Å². The summed E-state index contributed by atoms with van der Waals surface area (Å²) >= 11 is 5.71. The second-order valence-corrected chi connectivity index (χ2v) is 9.17. The maximum Gasteiger partial charge on any atom is 0.349 e. The lowest BCUT2D eigenvalue weighted by Crippen LogP contribution is -2.68. The summed E-state index contributed by atoms with van der Waals surface area (Å²) < 4.78 is 29.2. The maximum atomic E-state index is 14.6. The van der Waals surface area contributed by atoms with E-state index in [1.165, 1.54) is 30.3 Å². The molecule has 0 aliphatic carbocycles. The average molecular weight is 511 g/mol. The molecule has 0 spiro atoms. The third kappa shape index (κ3) is 4.29. The van der Waals surface area contributed by atoms with Crippen molar-refractivity contribution in [3.8, 4) is 0 Å². The molecule has 176 valence electrons. The van der Waals surface area contributed by atoms with Crippen LogP contribution in [0.15, 0.2) is 42.5 Å². The van der Waals surface area contributed by atoms with Gasteiger partial charge < -0.3 is 15.0 Å². The average Bonchev–Trinajstić information content (AvgIpc) is 3.21. The fourth-order valence-corrected chi connectivity index (χ4v) is 4.38. The largest absolute Gasteiger partial charge is 0.352 e. The van der Waals surface area contributed by atoms with Crippen molar-refractivity contribution in [1.82, 2.24) is 15.0 Å². The highest BCUT2D eigenvalue weighted by molar-refractivity contribution is 6.47. The summed E-state index contributed by atoms with van der Waals surface area (Å²) in [5.41, 5.74) is -2.20. The SMILES string of the molecule is [B]C(NC(=O)C(F)(F)c1ccc(Cl)cc1)c1ccc2c(c1)CN(C1([B])C(=O)N([B])C(=O)C([B])C1[B])C2=O. The Morgan fingerprint density at radius 3 is 2.38 bits per heavy atom. The highest BCUT2D eigenvalue weighted by Gasteiger charge is 2.55. The molecule has 10 radical (unpaired) electrons. The topological polar surface area (TPSA) is 86.8 Å². The lowest BCUT2D eigenvalue weighted by Gasteiger charge is -2.51. The highest BCUT2D eigenvalue weighted by Crippen LogP contribution is 2.43. The van der Waals surface area contributed by atoms with Gasteiger partial charge in [-0.05, 0) is 35.1 Å². The van der Waals surface area contributed by atoms with Crippen molar-refractivity contribution in [2.45, 2.75) is 35.5 Å². The number of amides is 4. The fraction of sp³-hybridized carbons (Fsp3) is 0.273. The van der Waals surface area contributed by atoms with E-state index < -0.39 is 58.1 Å². The number of hydrogen-bond donors (Lipinski definition) is 1. The molecule has 4 rings (SSSR count). The minimum absolute atomic E-state index is 0.118. The Labute approximate surface area is 222 Å². The van der Waals surface area contributed by atoms with Crippen LogP contribution in [0.25, 0.3) is 0 Å². The predicted octanol–water partition coefficient (Wildman–Crippen LogP) is 0.602. The van der Waals surface area contributed by atoms with E-state index >= 15 is 0 Å². The second kappa shape index (κ2) is 9.38. The van der Waals surface area contributed by atoms with Crippen molar-refractivity contribution in [2.24, 2.45) is 0 Å². The molecule has 0 saturated carbocycles. The predicted molar refractivity (Wildman–Crippen MR) is 133 cm³/mol. The monoisotopic (exact) mass is 511 g/mol. The molecule has 2 aromatic rings. The zero-order chi connectivity index (χ0) is 27.4. The fourth-order valence-electron chi connectivity index (χ4n) is 4.26. The minimum atomic E-state index is -3.90. The van der Waals surface area contributed by atoms with Gasteiger partial charge in [0.15, 0.2) is 0 Å². The molecule has 4 atom stereocenters. The van der Waals surface area contributed by atoms with Crippen molar-refractivity contribution in [1.29, 1.82) is 0 Å². The molecule has 1 N–H and O–H groups in total. The van der Waals surface area contributed by atoms with E-state index in [9.17, 15) is 28.0 Å². The first-order valence-corrected chi connectivity index (χ1v) is 11.2. The third-order valence-electron chi connectivity index (χ3n) is 6.50. The molecule has 0 bridgehead atoms. The summed E-state index contributed by atoms with van der Waals surface area (Å²) in [7, 11) is 29.5. The Morgan fingerprint density at radius 2 is 1.76 bits per heavy atom. The first-order chi connectivity index (χ1) is 17.2. The van der Waals surface area contributed by atoms with Gasteiger partial charge in [0, 0.05) is 28.6 Å². The lowest BCUT2D eigenvalue weighted by atomic mass is 9.48. The normalized spacial score (nSPS) is 24.7. The number of nitrogens with zero attached hydrogens (tertiary/aromatic N) is 2. The van der Waals surface area contributed by atoms with E-state index in [0.29, 0.717) is 5.56 Å². The molecule has 1 fully saturated rings. The van der Waals surface area contributed by atoms with Crippen molar-refractivity contribution >= 4 is 74.6 Å². The van der Waals surface area contributed by atoms with Crippen LogP contribution in [0.3, 0.4) is 0 Å². The van der Waals surface area contributed by atoms with Crippen LogP contribution in [0.1, 0.15) is 33.0 Å². The van der Waals surface area contributed by atoms with E-state index in [2.05, 4.69) is 0 Å². The van der Waals surface area contributed by atoms with Crippen LogP contribution in [0.4, 0.5) is 8.78 Å². The van der Waals surface area contributed by atoms with Crippen molar-refractivity contribution in [2.75, 3.05) is 0 Å². The van der Waals surface area contributed by atoms with Gasteiger partial charge >= 0.3 is 5.92 Å². The van der Waals surface area contributed by atoms with Crippen LogP contribution in [-0.2, 0) is 26.9 Å². The summed E-state index contributed by atoms with van der Waals surface area (Å²) in [6.07, 6.45) is 0. The Morgan fingerprint density at radius 1 is 1.14 bits per heavy atom. The number of rotatable bonds is 5. The van der Waals surface area contributed by atoms with Crippen LogP contribution in [0, 0.1) is 0 Å². The number of benzene rings is 2. The first kappa shape index (κ1) is 27.0. The molecule has 2 heterocycles. The summed E-state index contributed by atoms with van der Waals surface area (Å²) in [6.45, 7) is -0.256. The Balaban J connectivity index is 1.56. The summed E-state index contributed by atoms with van der Waals surface area (Å²) in [5, 5.41) is 2.27. The van der Waals surface area contributed by atoms with Crippen LogP contribution in [-0.4, -0.2) is 78.1 Å². The number of piperidine rings is 1. The number of alkyl halides is 2. The third-order valence-corrected chi connectivity index (χ3v) is 6.75. The number of nitrogens with one attached hydrogen (secondary N) is 1. The molecule has 37 heavy (non-hydrogen) atoms. The molecule has 7 nitrogen and oxygen atoms in total. The molecule has 2 aromatic carbocycles. The summed E-state index contributed by atoms with van der Waals surface area (Å²) in [4.78, 5) is 51.4. The Bertz CT molecular complexity index is 1320. The number of imide groups is 1. The molecule has 4 amide bonds. The molecular formula is C22H13B5ClF2N3O4. The van der Waals surface area contributed by atoms with Gasteiger partial charge in [0.1, 0.15) is 15.7 Å². The van der Waals surface area contributed by atoms with Crippen molar-refractivity contribution < 1.29 is 28.0 Å². The van der Waals surface area contributed by atoms with Gasteiger partial charge in [0.25, 0.3) is 11.8 Å². The molecule has 4 unspecified atom stereocenters. The van der Waals surface area contributed by atoms with Gasteiger partial charge in [0.05, 0.1) is 21.1 Å². The maximum absolute atomic E-state index is 14.6. The molecule has 0 aromatic heterocycles. The Hall–Kier alpha value is -3.01. The number of carbonyl (C=O) groups excluding carboxylic acids is 4. The van der Waals surface area contributed by atoms with Gasteiger partial charge in [-0.2, -0.15) is 8.78 Å². The van der Waals surface area contributed by atoms with Crippen LogP contribution in [0.5, 0.6) is 0 Å². The molecule has 2 aliphatic rings. The van der Waals surface area contributed by atoms with Crippen molar-refractivity contribution in [3.63, 3.8) is 0 Å². The van der Waals surface area contributed by atoms with Gasteiger partial charge in [-0.15, -0.1) is 0 Å². The molecular weight excluding hydrogens is 498 g/mol. The highest BCUT2D eigenvalue weighted by atomic mass is 35.5. The number of hydrogen-bond acceptors (Lipinski definition) is 4. The van der Waals surface area contributed by atoms with E-state index in [-0.39, 0.29) is 27.5 Å². The van der Waals surface area contributed by atoms with E-state index in [0.717, 1.165) is 17.0 Å². The van der Waals surface area contributed by atoms with Crippen molar-refractivity contribution in [3.05, 3.63) is 69.7 Å². The number of carbonyl (C=O) groups is 4. The van der Waals surface area contributed by atoms with Gasteiger partial charge in [-0.25, -0.2) is 0 Å². The standard InChI is InChI=1S/C22H13B5ClF2N3O4/c23-14-15(24)21(26,20(37)33(27)18(14)35)32-8-10-7-9(1-6-13(10)17(32)34)16(25)31-19(36)22(29,30)11-2-4-12(28)5-3-11/h1-7,14-16H,8H2,(H,31,36). The minimum Gasteiger partial charge on any atom is -0.352 e.